The highest BCUT2D eigenvalue weighted by molar-refractivity contribution is 7.92. The zero-order valence-corrected chi connectivity index (χ0v) is 11.8. The van der Waals surface area contributed by atoms with Crippen LogP contribution in [0.4, 0.5) is 11.4 Å². The third kappa shape index (κ3) is 2.63. The minimum Gasteiger partial charge on any atom is -0.385 e. The molecule has 0 atom stereocenters. The minimum absolute atomic E-state index is 0.274. The van der Waals surface area contributed by atoms with Gasteiger partial charge in [-0.15, -0.1) is 0 Å². The molecule has 0 bridgehead atoms. The van der Waals surface area contributed by atoms with Crippen LogP contribution in [0.5, 0.6) is 0 Å². The van der Waals surface area contributed by atoms with E-state index >= 15 is 0 Å². The summed E-state index contributed by atoms with van der Waals surface area (Å²) in [6.45, 7) is 0.974. The van der Waals surface area contributed by atoms with Crippen molar-refractivity contribution in [2.75, 3.05) is 16.6 Å². The summed E-state index contributed by atoms with van der Waals surface area (Å²) in [7, 11) is -3.51. The maximum absolute atomic E-state index is 12.2. The van der Waals surface area contributed by atoms with Gasteiger partial charge < -0.3 is 5.32 Å². The number of anilines is 2. The van der Waals surface area contributed by atoms with Gasteiger partial charge in [0.2, 0.25) is 0 Å². The number of hydrogen-bond donors (Lipinski definition) is 2. The Kier molecular flexibility index (Phi) is 3.36. The fourth-order valence-electron chi connectivity index (χ4n) is 2.35. The Morgan fingerprint density at radius 2 is 1.85 bits per heavy atom. The molecule has 2 N–H and O–H groups in total. The van der Waals surface area contributed by atoms with Crippen LogP contribution in [-0.2, 0) is 16.4 Å². The van der Waals surface area contributed by atoms with E-state index in [0.717, 1.165) is 30.6 Å². The molecule has 1 aliphatic heterocycles. The van der Waals surface area contributed by atoms with Crippen LogP contribution < -0.4 is 10.0 Å². The van der Waals surface area contributed by atoms with Gasteiger partial charge in [0.05, 0.1) is 4.90 Å². The van der Waals surface area contributed by atoms with Gasteiger partial charge in [-0.3, -0.25) is 4.72 Å². The largest absolute Gasteiger partial charge is 0.385 e. The number of hydrogen-bond acceptors (Lipinski definition) is 3. The van der Waals surface area contributed by atoms with Crippen molar-refractivity contribution in [3.8, 4) is 0 Å². The molecule has 5 heteroatoms. The lowest BCUT2D eigenvalue weighted by atomic mass is 10.0. The highest BCUT2D eigenvalue weighted by Gasteiger charge is 2.15. The van der Waals surface area contributed by atoms with Crippen molar-refractivity contribution < 1.29 is 8.42 Å². The van der Waals surface area contributed by atoms with E-state index < -0.39 is 10.0 Å². The Bertz CT molecular complexity index is 712. The van der Waals surface area contributed by atoms with Crippen LogP contribution in [0.15, 0.2) is 53.4 Å². The fourth-order valence-corrected chi connectivity index (χ4v) is 3.42. The molecule has 3 rings (SSSR count). The van der Waals surface area contributed by atoms with Gasteiger partial charge >= 0.3 is 0 Å². The van der Waals surface area contributed by atoms with Crippen molar-refractivity contribution >= 4 is 21.4 Å². The van der Waals surface area contributed by atoms with Crippen LogP contribution in [0, 0.1) is 0 Å². The Hall–Kier alpha value is -2.01. The maximum Gasteiger partial charge on any atom is 0.261 e. The van der Waals surface area contributed by atoms with E-state index in [1.54, 1.807) is 36.4 Å². The number of benzene rings is 2. The van der Waals surface area contributed by atoms with Crippen molar-refractivity contribution in [2.24, 2.45) is 0 Å². The van der Waals surface area contributed by atoms with Crippen LogP contribution in [0.25, 0.3) is 0 Å². The summed E-state index contributed by atoms with van der Waals surface area (Å²) in [6, 6.07) is 14.0. The van der Waals surface area contributed by atoms with Gasteiger partial charge in [-0.05, 0) is 48.7 Å². The van der Waals surface area contributed by atoms with Crippen LogP contribution >= 0.6 is 0 Å². The first kappa shape index (κ1) is 13.0. The number of nitrogens with one attached hydrogen (secondary N) is 2. The molecule has 0 aromatic heterocycles. The Morgan fingerprint density at radius 3 is 2.65 bits per heavy atom. The predicted octanol–water partition coefficient (Wildman–Crippen LogP) is 2.85. The van der Waals surface area contributed by atoms with Gasteiger partial charge in [0.1, 0.15) is 0 Å². The van der Waals surface area contributed by atoms with Crippen LogP contribution in [0.1, 0.15) is 12.0 Å². The third-order valence-electron chi connectivity index (χ3n) is 3.35. The second kappa shape index (κ2) is 5.17. The minimum atomic E-state index is -3.51. The van der Waals surface area contributed by atoms with Gasteiger partial charge in [0, 0.05) is 17.9 Å². The maximum atomic E-state index is 12.2. The summed E-state index contributed by atoms with van der Waals surface area (Å²) in [6.07, 6.45) is 2.05. The van der Waals surface area contributed by atoms with Gasteiger partial charge in [-0.25, -0.2) is 8.42 Å². The molecular weight excluding hydrogens is 272 g/mol. The van der Waals surface area contributed by atoms with Gasteiger partial charge in [-0.1, -0.05) is 18.2 Å². The first-order valence-electron chi connectivity index (χ1n) is 6.60. The quantitative estimate of drug-likeness (QED) is 0.913. The summed E-state index contributed by atoms with van der Waals surface area (Å²) < 4.78 is 27.1. The number of sulfonamides is 1. The van der Waals surface area contributed by atoms with E-state index in [2.05, 4.69) is 10.0 Å². The summed E-state index contributed by atoms with van der Waals surface area (Å²) in [5.74, 6) is 0. The third-order valence-corrected chi connectivity index (χ3v) is 4.75. The second-order valence-electron chi connectivity index (χ2n) is 4.82. The van der Waals surface area contributed by atoms with Crippen LogP contribution in [-0.4, -0.2) is 15.0 Å². The Balaban J connectivity index is 1.88. The molecule has 20 heavy (non-hydrogen) atoms. The molecule has 0 fully saturated rings. The van der Waals surface area contributed by atoms with Gasteiger partial charge in [0.25, 0.3) is 10.0 Å². The van der Waals surface area contributed by atoms with Crippen LogP contribution in [0.2, 0.25) is 0 Å². The van der Waals surface area contributed by atoms with Gasteiger partial charge in [-0.2, -0.15) is 0 Å². The molecular formula is C15H16N2O2S. The lowest BCUT2D eigenvalue weighted by Gasteiger charge is -2.19. The standard InChI is InChI=1S/C15H16N2O2S/c18-20(19,14-6-2-1-3-7-14)17-13-8-9-15-12(11-13)5-4-10-16-15/h1-3,6-9,11,16-17H,4-5,10H2. The van der Waals surface area contributed by atoms with Crippen molar-refractivity contribution in [3.05, 3.63) is 54.1 Å². The fraction of sp³-hybridized carbons (Fsp3) is 0.200. The Labute approximate surface area is 118 Å². The van der Waals surface area contributed by atoms with E-state index in [-0.39, 0.29) is 4.90 Å². The van der Waals surface area contributed by atoms with Crippen molar-refractivity contribution in [3.63, 3.8) is 0 Å². The molecule has 0 spiro atoms. The molecule has 0 radical (unpaired) electrons. The van der Waals surface area contributed by atoms with E-state index in [1.807, 2.05) is 12.1 Å². The highest BCUT2D eigenvalue weighted by Crippen LogP contribution is 2.26. The van der Waals surface area contributed by atoms with Crippen molar-refractivity contribution in [2.45, 2.75) is 17.7 Å². The molecule has 2 aromatic rings. The van der Waals surface area contributed by atoms with Gasteiger partial charge in [0.15, 0.2) is 0 Å². The first-order valence-corrected chi connectivity index (χ1v) is 8.08. The second-order valence-corrected chi connectivity index (χ2v) is 6.50. The first-order chi connectivity index (χ1) is 9.65. The molecule has 0 saturated carbocycles. The summed E-state index contributed by atoms with van der Waals surface area (Å²) >= 11 is 0. The summed E-state index contributed by atoms with van der Waals surface area (Å²) in [5.41, 5.74) is 2.86. The SMILES string of the molecule is O=S(=O)(Nc1ccc2c(c1)CCCN2)c1ccccc1. The van der Waals surface area contributed by atoms with E-state index in [1.165, 1.54) is 0 Å². The smallest absolute Gasteiger partial charge is 0.261 e. The van der Waals surface area contributed by atoms with E-state index in [0.29, 0.717) is 5.69 Å². The molecule has 4 nitrogen and oxygen atoms in total. The summed E-state index contributed by atoms with van der Waals surface area (Å²) in [5, 5.41) is 3.31. The van der Waals surface area contributed by atoms with Crippen LogP contribution in [0.3, 0.4) is 0 Å². The zero-order chi connectivity index (χ0) is 14.0. The zero-order valence-electron chi connectivity index (χ0n) is 11.0. The lowest BCUT2D eigenvalue weighted by molar-refractivity contribution is 0.601. The molecule has 1 aliphatic rings. The molecule has 0 unspecified atom stereocenters. The molecule has 1 heterocycles. The molecule has 0 amide bonds. The lowest BCUT2D eigenvalue weighted by Crippen LogP contribution is -2.15. The molecule has 104 valence electrons. The number of rotatable bonds is 3. The monoisotopic (exact) mass is 288 g/mol. The molecule has 0 saturated heterocycles. The number of fused-ring (bicyclic) bond motifs is 1. The normalized spacial score (nSPS) is 14.2. The van der Waals surface area contributed by atoms with Crippen molar-refractivity contribution in [1.82, 2.24) is 0 Å². The van der Waals surface area contributed by atoms with Crippen molar-refractivity contribution in [1.29, 1.82) is 0 Å². The molecule has 0 aliphatic carbocycles. The highest BCUT2D eigenvalue weighted by atomic mass is 32.2. The molecule has 2 aromatic carbocycles. The predicted molar refractivity (Wildman–Crippen MR) is 80.5 cm³/mol. The average molecular weight is 288 g/mol. The van der Waals surface area contributed by atoms with E-state index in [4.69, 9.17) is 0 Å². The summed E-state index contributed by atoms with van der Waals surface area (Å²) in [4.78, 5) is 0.274. The van der Waals surface area contributed by atoms with E-state index in [9.17, 15) is 8.42 Å². The Morgan fingerprint density at radius 1 is 1.05 bits per heavy atom. The number of aryl methyl sites for hydroxylation is 1. The average Bonchev–Trinajstić information content (AvgIpc) is 2.48. The topological polar surface area (TPSA) is 58.2 Å².